The van der Waals surface area contributed by atoms with E-state index < -0.39 is 0 Å². The minimum atomic E-state index is -0.301. The summed E-state index contributed by atoms with van der Waals surface area (Å²) >= 11 is 0. The lowest BCUT2D eigenvalue weighted by Gasteiger charge is -2.35. The van der Waals surface area contributed by atoms with Crippen molar-refractivity contribution < 1.29 is 23.8 Å². The molecule has 34 heavy (non-hydrogen) atoms. The third-order valence-corrected chi connectivity index (χ3v) is 6.39. The zero-order chi connectivity index (χ0) is 23.5. The fourth-order valence-corrected chi connectivity index (χ4v) is 4.52. The van der Waals surface area contributed by atoms with E-state index in [1.807, 2.05) is 30.3 Å². The average Bonchev–Trinajstić information content (AvgIpc) is 2.86. The minimum absolute atomic E-state index is 0.0373. The zero-order valence-corrected chi connectivity index (χ0v) is 19.3. The molecule has 10 heteroatoms. The number of cyclic esters (lactones) is 1. The Morgan fingerprint density at radius 3 is 2.65 bits per heavy atom. The van der Waals surface area contributed by atoms with Gasteiger partial charge >= 0.3 is 6.09 Å². The number of piperazine rings is 1. The lowest BCUT2D eigenvalue weighted by molar-refractivity contribution is -0.118. The maximum Gasteiger partial charge on any atom is 0.414 e. The third-order valence-electron chi connectivity index (χ3n) is 6.39. The Kier molecular flexibility index (Phi) is 6.50. The third kappa shape index (κ3) is 4.92. The molecule has 1 fully saturated rings. The second-order valence-corrected chi connectivity index (χ2v) is 8.66. The van der Waals surface area contributed by atoms with Gasteiger partial charge in [0.25, 0.3) is 5.91 Å². The molecule has 5 rings (SSSR count). The van der Waals surface area contributed by atoms with Crippen LogP contribution in [0.4, 0.5) is 16.3 Å². The summed E-state index contributed by atoms with van der Waals surface area (Å²) < 4.78 is 16.0. The van der Waals surface area contributed by atoms with Gasteiger partial charge in [-0.2, -0.15) is 0 Å². The summed E-state index contributed by atoms with van der Waals surface area (Å²) in [5, 5.41) is 2.76. The van der Waals surface area contributed by atoms with Crippen molar-refractivity contribution in [2.45, 2.75) is 19.6 Å². The Morgan fingerprint density at radius 1 is 1.00 bits per heavy atom. The van der Waals surface area contributed by atoms with E-state index in [0.29, 0.717) is 24.7 Å². The molecular weight excluding hydrogens is 438 g/mol. The van der Waals surface area contributed by atoms with Gasteiger partial charge in [0.2, 0.25) is 0 Å². The van der Waals surface area contributed by atoms with Gasteiger partial charge in [-0.15, -0.1) is 0 Å². The first-order chi connectivity index (χ1) is 16.6. The number of methoxy groups -OCH3 is 1. The van der Waals surface area contributed by atoms with Crippen LogP contribution >= 0.6 is 0 Å². The molecule has 0 bridgehead atoms. The van der Waals surface area contributed by atoms with Gasteiger partial charge in [0, 0.05) is 50.9 Å². The molecular formula is C24H29N5O5. The van der Waals surface area contributed by atoms with Crippen LogP contribution in [0.25, 0.3) is 0 Å². The largest absolute Gasteiger partial charge is 0.497 e. The van der Waals surface area contributed by atoms with Crippen molar-refractivity contribution in [1.29, 1.82) is 0 Å². The number of aromatic nitrogens is 1. The van der Waals surface area contributed by atoms with E-state index in [1.165, 1.54) is 0 Å². The van der Waals surface area contributed by atoms with Crippen LogP contribution in [0.3, 0.4) is 0 Å². The Hall–Kier alpha value is -3.37. The molecule has 180 valence electrons. The number of hydrogen-bond donors (Lipinski definition) is 1. The average molecular weight is 468 g/mol. The van der Waals surface area contributed by atoms with Crippen LogP contribution in [0.5, 0.6) is 11.5 Å². The quantitative estimate of drug-likeness (QED) is 0.661. The van der Waals surface area contributed by atoms with E-state index in [4.69, 9.17) is 14.2 Å². The lowest BCUT2D eigenvalue weighted by atomic mass is 10.1. The van der Waals surface area contributed by atoms with E-state index >= 15 is 0 Å². The highest BCUT2D eigenvalue weighted by atomic mass is 16.6. The molecule has 0 unspecified atom stereocenters. The number of ether oxygens (including phenoxy) is 3. The summed E-state index contributed by atoms with van der Waals surface area (Å²) in [7, 11) is 1.63. The Morgan fingerprint density at radius 2 is 1.82 bits per heavy atom. The van der Waals surface area contributed by atoms with Gasteiger partial charge < -0.3 is 24.4 Å². The molecule has 10 nitrogen and oxygen atoms in total. The number of nitrogens with one attached hydrogen (secondary N) is 1. The van der Waals surface area contributed by atoms with Crippen LogP contribution in [-0.4, -0.2) is 79.8 Å². The number of rotatable bonds is 7. The van der Waals surface area contributed by atoms with Gasteiger partial charge in [0.05, 0.1) is 18.5 Å². The molecule has 0 spiro atoms. The van der Waals surface area contributed by atoms with Crippen molar-refractivity contribution >= 4 is 23.5 Å². The molecule has 3 aliphatic heterocycles. The number of carbonyl (C=O) groups excluding carboxylic acids is 2. The van der Waals surface area contributed by atoms with Crippen LogP contribution in [0, 0.1) is 0 Å². The first kappa shape index (κ1) is 22.4. The molecule has 0 saturated carbocycles. The van der Waals surface area contributed by atoms with Gasteiger partial charge in [-0.3, -0.25) is 14.6 Å². The Balaban J connectivity index is 1.09. The highest BCUT2D eigenvalue weighted by molar-refractivity contribution is 5.94. The summed E-state index contributed by atoms with van der Waals surface area (Å²) in [6.45, 7) is 6.38. The first-order valence-corrected chi connectivity index (χ1v) is 11.6. The van der Waals surface area contributed by atoms with Crippen LogP contribution in [0.1, 0.15) is 17.7 Å². The van der Waals surface area contributed by atoms with Gasteiger partial charge in [-0.05, 0) is 37.2 Å². The van der Waals surface area contributed by atoms with E-state index in [1.54, 1.807) is 12.0 Å². The van der Waals surface area contributed by atoms with Crippen molar-refractivity contribution in [3.63, 3.8) is 0 Å². The standard InChI is InChI=1S/C24H29N5O5/c1-32-19-5-3-17-15-34-24(31)29(20(17)13-19)8-2-7-27-9-11-28(12-10-27)14-18-4-6-21-23(25-18)26-22(30)16-33-21/h3-6,13H,2,7-12,14-16H2,1H3,(H,25,26,30). The van der Waals surface area contributed by atoms with Gasteiger partial charge in [-0.25, -0.2) is 9.78 Å². The summed E-state index contributed by atoms with van der Waals surface area (Å²) in [6, 6.07) is 9.56. The van der Waals surface area contributed by atoms with Crippen molar-refractivity contribution in [2.75, 3.05) is 63.2 Å². The van der Waals surface area contributed by atoms with Crippen LogP contribution < -0.4 is 19.7 Å². The maximum atomic E-state index is 12.4. The second-order valence-electron chi connectivity index (χ2n) is 8.66. The zero-order valence-electron chi connectivity index (χ0n) is 19.3. The number of pyridine rings is 1. The normalized spacial score (nSPS) is 18.4. The number of fused-ring (bicyclic) bond motifs is 2. The van der Waals surface area contributed by atoms with Crippen molar-refractivity contribution in [1.82, 2.24) is 14.8 Å². The van der Waals surface area contributed by atoms with Gasteiger partial charge in [0.15, 0.2) is 18.2 Å². The smallest absolute Gasteiger partial charge is 0.414 e. The highest BCUT2D eigenvalue weighted by Gasteiger charge is 2.26. The molecule has 0 aliphatic carbocycles. The predicted octanol–water partition coefficient (Wildman–Crippen LogP) is 2.09. The number of anilines is 2. The molecule has 4 heterocycles. The van der Waals surface area contributed by atoms with E-state index in [2.05, 4.69) is 20.1 Å². The highest BCUT2D eigenvalue weighted by Crippen LogP contribution is 2.31. The molecule has 2 amide bonds. The lowest BCUT2D eigenvalue weighted by Crippen LogP contribution is -2.47. The number of carbonyl (C=O) groups is 2. The summed E-state index contributed by atoms with van der Waals surface area (Å²) in [6.07, 6.45) is 0.558. The topological polar surface area (TPSA) is 96.5 Å². The SMILES string of the molecule is COc1ccc2c(c1)N(CCCN1CCN(Cc3ccc4c(n3)NC(=O)CO4)CC1)C(=O)OC2. The Bertz CT molecular complexity index is 1070. The number of amides is 2. The molecule has 1 saturated heterocycles. The van der Waals surface area contributed by atoms with Gasteiger partial charge in [-0.1, -0.05) is 0 Å². The molecule has 1 N–H and O–H groups in total. The number of nitrogens with zero attached hydrogens (tertiary/aromatic N) is 4. The number of hydrogen-bond acceptors (Lipinski definition) is 8. The van der Waals surface area contributed by atoms with Crippen LogP contribution in [0.2, 0.25) is 0 Å². The predicted molar refractivity (Wildman–Crippen MR) is 125 cm³/mol. The maximum absolute atomic E-state index is 12.4. The molecule has 0 atom stereocenters. The fraction of sp³-hybridized carbons (Fsp3) is 0.458. The van der Waals surface area contributed by atoms with E-state index in [-0.39, 0.29) is 18.6 Å². The van der Waals surface area contributed by atoms with Crippen LogP contribution in [-0.2, 0) is 22.7 Å². The number of benzene rings is 1. The van der Waals surface area contributed by atoms with E-state index in [0.717, 1.165) is 68.4 Å². The summed E-state index contributed by atoms with van der Waals surface area (Å²) in [4.78, 5) is 34.9. The van der Waals surface area contributed by atoms with Crippen molar-refractivity contribution in [3.05, 3.63) is 41.6 Å². The minimum Gasteiger partial charge on any atom is -0.497 e. The first-order valence-electron chi connectivity index (χ1n) is 11.6. The Labute approximate surface area is 198 Å². The monoisotopic (exact) mass is 467 g/mol. The molecule has 2 aromatic rings. The van der Waals surface area contributed by atoms with E-state index in [9.17, 15) is 9.59 Å². The molecule has 0 radical (unpaired) electrons. The van der Waals surface area contributed by atoms with Gasteiger partial charge in [0.1, 0.15) is 12.4 Å². The van der Waals surface area contributed by atoms with Crippen molar-refractivity contribution in [2.24, 2.45) is 0 Å². The van der Waals surface area contributed by atoms with Crippen LogP contribution in [0.15, 0.2) is 30.3 Å². The molecule has 1 aromatic carbocycles. The summed E-state index contributed by atoms with van der Waals surface area (Å²) in [5.41, 5.74) is 2.78. The fourth-order valence-electron chi connectivity index (χ4n) is 4.52. The molecule has 1 aromatic heterocycles. The second kappa shape index (κ2) is 9.86. The molecule has 3 aliphatic rings. The summed E-state index contributed by atoms with van der Waals surface area (Å²) in [5.74, 6) is 1.68. The van der Waals surface area contributed by atoms with Crippen molar-refractivity contribution in [3.8, 4) is 11.5 Å².